The van der Waals surface area contributed by atoms with Gasteiger partial charge < -0.3 is 19.5 Å². The summed E-state index contributed by atoms with van der Waals surface area (Å²) in [6.07, 6.45) is 1.47. The smallest absolute Gasteiger partial charge is 0.264 e. The lowest BCUT2D eigenvalue weighted by atomic mass is 10.0. The fourth-order valence-corrected chi connectivity index (χ4v) is 5.31. The first-order valence-electron chi connectivity index (χ1n) is 10.8. The fraction of sp³-hybridized carbons (Fsp3) is 0.240. The maximum Gasteiger partial charge on any atom is 0.264 e. The molecule has 0 spiro atoms. The van der Waals surface area contributed by atoms with E-state index < -0.39 is 10.0 Å². The second-order valence-corrected chi connectivity index (χ2v) is 9.58. The topological polar surface area (TPSA) is 94.2 Å². The van der Waals surface area contributed by atoms with E-state index in [1.807, 2.05) is 6.07 Å². The normalized spacial score (nSPS) is 13.1. The molecule has 178 valence electrons. The Hall–Kier alpha value is -3.72. The van der Waals surface area contributed by atoms with Crippen LogP contribution in [0.4, 0.5) is 11.4 Å². The molecule has 4 rings (SSSR count). The van der Waals surface area contributed by atoms with Gasteiger partial charge in [0, 0.05) is 18.3 Å². The van der Waals surface area contributed by atoms with Gasteiger partial charge in [0.05, 0.1) is 24.8 Å². The molecule has 1 aliphatic heterocycles. The number of nitrogens with one attached hydrogen (secondary N) is 1. The molecule has 34 heavy (non-hydrogen) atoms. The molecule has 0 radical (unpaired) electrons. The average molecular weight is 483 g/mol. The van der Waals surface area contributed by atoms with Crippen molar-refractivity contribution in [2.45, 2.75) is 17.7 Å². The van der Waals surface area contributed by atoms with E-state index in [0.29, 0.717) is 41.6 Å². The highest BCUT2D eigenvalue weighted by molar-refractivity contribution is 7.92. The quantitative estimate of drug-likeness (QED) is 0.524. The van der Waals surface area contributed by atoms with Gasteiger partial charge in [-0.15, -0.1) is 0 Å². The lowest BCUT2D eigenvalue weighted by Gasteiger charge is -2.31. The molecular weight excluding hydrogens is 456 g/mol. The van der Waals surface area contributed by atoms with Crippen molar-refractivity contribution in [3.63, 3.8) is 0 Å². The Morgan fingerprint density at radius 1 is 0.941 bits per heavy atom. The van der Waals surface area contributed by atoms with Crippen LogP contribution in [0.1, 0.15) is 12.0 Å². The second kappa shape index (κ2) is 10.0. The predicted octanol–water partition coefficient (Wildman–Crippen LogP) is 3.86. The molecule has 1 heterocycles. The minimum absolute atomic E-state index is 0.183. The standard InChI is InChI=1S/C25H26N2O6S/c1-31-20-10-12-23(13-11-20)34(29,30)27-14-4-5-18-8-9-19(15-24(18)27)26-25(28)17-33-22-7-3-6-21(16-22)32-2/h3,6-13,15-16H,4-5,14,17H2,1-2H3,(H,26,28). The Morgan fingerprint density at radius 3 is 2.41 bits per heavy atom. The molecule has 1 aliphatic rings. The number of carbonyl (C=O) groups is 1. The van der Waals surface area contributed by atoms with Gasteiger partial charge in [-0.2, -0.15) is 0 Å². The van der Waals surface area contributed by atoms with Crippen molar-refractivity contribution in [3.8, 4) is 17.2 Å². The monoisotopic (exact) mass is 482 g/mol. The van der Waals surface area contributed by atoms with Gasteiger partial charge in [-0.05, 0) is 66.9 Å². The van der Waals surface area contributed by atoms with Crippen LogP contribution in [0, 0.1) is 0 Å². The van der Waals surface area contributed by atoms with Crippen LogP contribution in [0.15, 0.2) is 71.6 Å². The number of methoxy groups -OCH3 is 2. The Kier molecular flexibility index (Phi) is 6.93. The van der Waals surface area contributed by atoms with E-state index in [1.165, 1.54) is 23.5 Å². The Balaban J connectivity index is 1.50. The lowest BCUT2D eigenvalue weighted by Crippen LogP contribution is -2.35. The third-order valence-corrected chi connectivity index (χ3v) is 7.33. The zero-order valence-corrected chi connectivity index (χ0v) is 19.8. The van der Waals surface area contributed by atoms with E-state index in [1.54, 1.807) is 55.6 Å². The van der Waals surface area contributed by atoms with Crippen molar-refractivity contribution in [2.24, 2.45) is 0 Å². The molecule has 0 saturated carbocycles. The number of aryl methyl sites for hydroxylation is 1. The molecule has 0 atom stereocenters. The number of hydrogen-bond acceptors (Lipinski definition) is 6. The Morgan fingerprint density at radius 2 is 1.68 bits per heavy atom. The number of benzene rings is 3. The van der Waals surface area contributed by atoms with E-state index in [-0.39, 0.29) is 17.4 Å². The average Bonchev–Trinajstić information content (AvgIpc) is 2.87. The maximum absolute atomic E-state index is 13.4. The van der Waals surface area contributed by atoms with Gasteiger partial charge in [0.25, 0.3) is 15.9 Å². The van der Waals surface area contributed by atoms with Crippen molar-refractivity contribution in [1.82, 2.24) is 0 Å². The Bertz CT molecular complexity index is 1270. The summed E-state index contributed by atoms with van der Waals surface area (Å²) in [5.41, 5.74) is 1.97. The van der Waals surface area contributed by atoms with Gasteiger partial charge in [-0.1, -0.05) is 12.1 Å². The molecule has 9 heteroatoms. The molecule has 0 bridgehead atoms. The van der Waals surface area contributed by atoms with Gasteiger partial charge in [0.1, 0.15) is 17.2 Å². The number of amides is 1. The summed E-state index contributed by atoms with van der Waals surface area (Å²) in [4.78, 5) is 12.6. The molecule has 3 aromatic rings. The van der Waals surface area contributed by atoms with Crippen LogP contribution < -0.4 is 23.8 Å². The van der Waals surface area contributed by atoms with Gasteiger partial charge in [0.2, 0.25) is 0 Å². The van der Waals surface area contributed by atoms with Crippen molar-refractivity contribution < 1.29 is 27.4 Å². The van der Waals surface area contributed by atoms with E-state index in [0.717, 1.165) is 12.0 Å². The minimum atomic E-state index is -3.77. The van der Waals surface area contributed by atoms with Crippen LogP contribution in [0.5, 0.6) is 17.2 Å². The minimum Gasteiger partial charge on any atom is -0.497 e. The van der Waals surface area contributed by atoms with Crippen molar-refractivity contribution >= 4 is 27.3 Å². The molecule has 0 saturated heterocycles. The number of carbonyl (C=O) groups excluding carboxylic acids is 1. The number of rotatable bonds is 8. The van der Waals surface area contributed by atoms with Gasteiger partial charge in [-0.3, -0.25) is 9.10 Å². The fourth-order valence-electron chi connectivity index (χ4n) is 3.78. The largest absolute Gasteiger partial charge is 0.497 e. The second-order valence-electron chi connectivity index (χ2n) is 7.72. The van der Waals surface area contributed by atoms with E-state index in [9.17, 15) is 13.2 Å². The molecule has 0 aromatic heterocycles. The van der Waals surface area contributed by atoms with Crippen molar-refractivity contribution in [3.05, 3.63) is 72.3 Å². The Labute approximate surface area is 199 Å². The summed E-state index contributed by atoms with van der Waals surface area (Å²) in [5, 5.41) is 2.78. The summed E-state index contributed by atoms with van der Waals surface area (Å²) in [5.74, 6) is 1.37. The van der Waals surface area contributed by atoms with Crippen LogP contribution in [0.25, 0.3) is 0 Å². The zero-order chi connectivity index (χ0) is 24.1. The molecule has 1 N–H and O–H groups in total. The van der Waals surface area contributed by atoms with Gasteiger partial charge in [-0.25, -0.2) is 8.42 Å². The molecule has 3 aromatic carbocycles. The van der Waals surface area contributed by atoms with Crippen molar-refractivity contribution in [2.75, 3.05) is 37.0 Å². The predicted molar refractivity (Wildman–Crippen MR) is 129 cm³/mol. The van der Waals surface area contributed by atoms with E-state index in [4.69, 9.17) is 14.2 Å². The molecule has 8 nitrogen and oxygen atoms in total. The number of hydrogen-bond donors (Lipinski definition) is 1. The molecular formula is C25H26N2O6S. The van der Waals surface area contributed by atoms with Crippen LogP contribution in [0.2, 0.25) is 0 Å². The number of fused-ring (bicyclic) bond motifs is 1. The number of nitrogens with zero attached hydrogens (tertiary/aromatic N) is 1. The summed E-state index contributed by atoms with van der Waals surface area (Å²) in [6.45, 7) is 0.163. The van der Waals surface area contributed by atoms with Crippen LogP contribution in [0.3, 0.4) is 0 Å². The third kappa shape index (κ3) is 5.09. The summed E-state index contributed by atoms with van der Waals surface area (Å²) < 4.78 is 43.9. The third-order valence-electron chi connectivity index (χ3n) is 5.50. The van der Waals surface area contributed by atoms with Crippen molar-refractivity contribution in [1.29, 1.82) is 0 Å². The molecule has 0 aliphatic carbocycles. The van der Waals surface area contributed by atoms with Gasteiger partial charge >= 0.3 is 0 Å². The van der Waals surface area contributed by atoms with E-state index in [2.05, 4.69) is 5.32 Å². The zero-order valence-electron chi connectivity index (χ0n) is 19.0. The first-order valence-corrected chi connectivity index (χ1v) is 12.2. The molecule has 0 fully saturated rings. The SMILES string of the molecule is COc1ccc(S(=O)(=O)N2CCCc3ccc(NC(=O)COc4cccc(OC)c4)cc32)cc1. The number of ether oxygens (including phenoxy) is 3. The maximum atomic E-state index is 13.4. The number of anilines is 2. The van der Waals surface area contributed by atoms with Crippen LogP contribution >= 0.6 is 0 Å². The number of sulfonamides is 1. The van der Waals surface area contributed by atoms with Crippen LogP contribution in [-0.4, -0.2) is 41.7 Å². The summed E-state index contributed by atoms with van der Waals surface area (Å²) >= 11 is 0. The van der Waals surface area contributed by atoms with E-state index >= 15 is 0 Å². The summed E-state index contributed by atoms with van der Waals surface area (Å²) in [7, 11) is -0.685. The van der Waals surface area contributed by atoms with Crippen LogP contribution in [-0.2, 0) is 21.2 Å². The van der Waals surface area contributed by atoms with Gasteiger partial charge in [0.15, 0.2) is 6.61 Å². The first kappa shape index (κ1) is 23.4. The lowest BCUT2D eigenvalue weighted by molar-refractivity contribution is -0.118. The molecule has 1 amide bonds. The molecule has 0 unspecified atom stereocenters. The first-order chi connectivity index (χ1) is 16.4. The highest BCUT2D eigenvalue weighted by Gasteiger charge is 2.29. The highest BCUT2D eigenvalue weighted by atomic mass is 32.2. The summed E-state index contributed by atoms with van der Waals surface area (Å²) in [6, 6.07) is 18.6. The highest BCUT2D eigenvalue weighted by Crippen LogP contribution is 2.34.